The minimum Gasteiger partial charge on any atom is -0.370 e. The van der Waals surface area contributed by atoms with Crippen LogP contribution in [0.2, 0.25) is 0 Å². The van der Waals surface area contributed by atoms with Crippen molar-refractivity contribution in [2.24, 2.45) is 5.73 Å². The van der Waals surface area contributed by atoms with E-state index in [9.17, 15) is 9.59 Å². The summed E-state index contributed by atoms with van der Waals surface area (Å²) in [5.41, 5.74) is 6.97. The number of methoxy groups -OCH3 is 1. The van der Waals surface area contributed by atoms with Crippen molar-refractivity contribution in [3.05, 3.63) is 65.0 Å². The molecule has 0 aliphatic heterocycles. The summed E-state index contributed by atoms with van der Waals surface area (Å²) >= 11 is 0. The molecule has 2 amide bonds. The normalized spacial score (nSPS) is 11.7. The predicted octanol–water partition coefficient (Wildman–Crippen LogP) is 1.28. The van der Waals surface area contributed by atoms with E-state index in [4.69, 9.17) is 10.5 Å². The molecule has 6 heteroatoms. The number of hydrogen-bond acceptors (Lipinski definition) is 4. The number of nitrogens with two attached hydrogens (primary N) is 1. The predicted molar refractivity (Wildman–Crippen MR) is 81.4 cm³/mol. The number of benzene rings is 1. The lowest BCUT2D eigenvalue weighted by Gasteiger charge is -2.16. The van der Waals surface area contributed by atoms with Crippen LogP contribution in [0.4, 0.5) is 0 Å². The van der Waals surface area contributed by atoms with Crippen molar-refractivity contribution >= 4 is 11.8 Å². The number of nitrogens with zero attached hydrogens (tertiary/aromatic N) is 1. The molecule has 0 aliphatic rings. The van der Waals surface area contributed by atoms with E-state index in [-0.39, 0.29) is 11.3 Å². The van der Waals surface area contributed by atoms with Crippen molar-refractivity contribution in [2.45, 2.75) is 6.10 Å². The van der Waals surface area contributed by atoms with Crippen molar-refractivity contribution in [1.29, 1.82) is 0 Å². The monoisotopic (exact) mass is 299 g/mol. The van der Waals surface area contributed by atoms with Gasteiger partial charge in [0.15, 0.2) is 0 Å². The number of amides is 2. The molecule has 1 aromatic carbocycles. The van der Waals surface area contributed by atoms with E-state index in [1.165, 1.54) is 26.3 Å². The second-order valence-electron chi connectivity index (χ2n) is 4.64. The van der Waals surface area contributed by atoms with Crippen LogP contribution in [-0.4, -0.2) is 31.0 Å². The first kappa shape index (κ1) is 15.7. The van der Waals surface area contributed by atoms with Gasteiger partial charge in [-0.25, -0.2) is 4.98 Å². The zero-order valence-corrected chi connectivity index (χ0v) is 12.4. The number of carbonyl (C=O) groups is 2. The van der Waals surface area contributed by atoms with Crippen LogP contribution in [0.1, 0.15) is 38.2 Å². The average molecular weight is 299 g/mol. The highest BCUT2D eigenvalue weighted by molar-refractivity contribution is 5.97. The van der Waals surface area contributed by atoms with E-state index in [2.05, 4.69) is 10.3 Å². The molecule has 0 bridgehead atoms. The van der Waals surface area contributed by atoms with E-state index in [0.29, 0.717) is 5.69 Å². The van der Waals surface area contributed by atoms with Crippen LogP contribution >= 0.6 is 0 Å². The lowest BCUT2D eigenvalue weighted by atomic mass is 10.0. The smallest absolute Gasteiger partial charge is 0.269 e. The molecule has 1 heterocycles. The van der Waals surface area contributed by atoms with Gasteiger partial charge in [-0.1, -0.05) is 30.3 Å². The Kier molecular flexibility index (Phi) is 4.85. The number of nitrogens with one attached hydrogen (secondary N) is 1. The van der Waals surface area contributed by atoms with Gasteiger partial charge in [0.2, 0.25) is 5.91 Å². The molecule has 22 heavy (non-hydrogen) atoms. The van der Waals surface area contributed by atoms with Crippen LogP contribution in [0, 0.1) is 0 Å². The zero-order chi connectivity index (χ0) is 16.1. The molecule has 1 aromatic heterocycles. The lowest BCUT2D eigenvalue weighted by Crippen LogP contribution is -2.22. The molecule has 0 saturated heterocycles. The van der Waals surface area contributed by atoms with E-state index in [1.807, 2.05) is 30.3 Å². The molecule has 2 rings (SSSR count). The standard InChI is InChI=1S/C16H17N3O3/c1-18-16(21)13-9-11(15(17)20)8-12(19-13)14(22-2)10-6-4-3-5-7-10/h3-9,14H,1-2H3,(H2,17,20)(H,18,21). The van der Waals surface area contributed by atoms with Crippen molar-refractivity contribution < 1.29 is 14.3 Å². The molecule has 0 saturated carbocycles. The molecule has 114 valence electrons. The van der Waals surface area contributed by atoms with Gasteiger partial charge in [0.1, 0.15) is 11.8 Å². The third-order valence-electron chi connectivity index (χ3n) is 3.20. The van der Waals surface area contributed by atoms with Gasteiger partial charge in [-0.05, 0) is 17.7 Å². The molecule has 1 unspecified atom stereocenters. The average Bonchev–Trinajstić information content (AvgIpc) is 2.55. The maximum Gasteiger partial charge on any atom is 0.269 e. The maximum atomic E-state index is 11.8. The van der Waals surface area contributed by atoms with Crippen molar-refractivity contribution in [3.8, 4) is 0 Å². The Bertz CT molecular complexity index is 686. The number of carbonyl (C=O) groups excluding carboxylic acids is 2. The summed E-state index contributed by atoms with van der Waals surface area (Å²) in [6, 6.07) is 12.3. The summed E-state index contributed by atoms with van der Waals surface area (Å²) in [4.78, 5) is 27.6. The Labute approximate surface area is 128 Å². The minimum atomic E-state index is -0.628. The van der Waals surface area contributed by atoms with Gasteiger partial charge < -0.3 is 15.8 Å². The highest BCUT2D eigenvalue weighted by Crippen LogP contribution is 2.24. The van der Waals surface area contributed by atoms with Crippen LogP contribution in [0.5, 0.6) is 0 Å². The number of primary amides is 1. The molecule has 2 aromatic rings. The van der Waals surface area contributed by atoms with Crippen LogP contribution in [0.15, 0.2) is 42.5 Å². The van der Waals surface area contributed by atoms with E-state index in [1.54, 1.807) is 0 Å². The summed E-state index contributed by atoms with van der Waals surface area (Å²) < 4.78 is 5.48. The second kappa shape index (κ2) is 6.82. The lowest BCUT2D eigenvalue weighted by molar-refractivity contribution is 0.0955. The highest BCUT2D eigenvalue weighted by atomic mass is 16.5. The molecule has 0 fully saturated rings. The van der Waals surface area contributed by atoms with E-state index >= 15 is 0 Å². The maximum absolute atomic E-state index is 11.8. The number of aromatic nitrogens is 1. The van der Waals surface area contributed by atoms with Crippen LogP contribution in [0.25, 0.3) is 0 Å². The van der Waals surface area contributed by atoms with E-state index < -0.39 is 17.9 Å². The summed E-state index contributed by atoms with van der Waals surface area (Å²) in [5, 5.41) is 2.48. The Morgan fingerprint density at radius 3 is 2.45 bits per heavy atom. The molecule has 0 spiro atoms. The second-order valence-corrected chi connectivity index (χ2v) is 4.64. The van der Waals surface area contributed by atoms with Crippen molar-refractivity contribution in [1.82, 2.24) is 10.3 Å². The Hall–Kier alpha value is -2.73. The summed E-state index contributed by atoms with van der Waals surface area (Å²) in [6.07, 6.45) is -0.496. The highest BCUT2D eigenvalue weighted by Gasteiger charge is 2.19. The van der Waals surface area contributed by atoms with Gasteiger partial charge in [-0.3, -0.25) is 9.59 Å². The fourth-order valence-electron chi connectivity index (χ4n) is 2.13. The fraction of sp³-hybridized carbons (Fsp3) is 0.188. The van der Waals surface area contributed by atoms with Crippen LogP contribution in [0.3, 0.4) is 0 Å². The first-order chi connectivity index (χ1) is 10.6. The van der Waals surface area contributed by atoms with Gasteiger partial charge in [0.05, 0.1) is 5.69 Å². The first-order valence-corrected chi connectivity index (χ1v) is 6.68. The molecule has 3 N–H and O–H groups in total. The van der Waals surface area contributed by atoms with E-state index in [0.717, 1.165) is 5.56 Å². The van der Waals surface area contributed by atoms with Gasteiger partial charge in [-0.2, -0.15) is 0 Å². The number of pyridine rings is 1. The minimum absolute atomic E-state index is 0.117. The Balaban J connectivity index is 2.55. The van der Waals surface area contributed by atoms with Gasteiger partial charge >= 0.3 is 0 Å². The molecule has 0 radical (unpaired) electrons. The zero-order valence-electron chi connectivity index (χ0n) is 12.4. The largest absolute Gasteiger partial charge is 0.370 e. The summed E-state index contributed by atoms with van der Waals surface area (Å²) in [6.45, 7) is 0. The molecular formula is C16H17N3O3. The fourth-order valence-corrected chi connectivity index (χ4v) is 2.13. The molecule has 6 nitrogen and oxygen atoms in total. The third kappa shape index (κ3) is 3.29. The number of hydrogen-bond donors (Lipinski definition) is 2. The first-order valence-electron chi connectivity index (χ1n) is 6.68. The van der Waals surface area contributed by atoms with Gasteiger partial charge in [0, 0.05) is 19.7 Å². The molecular weight excluding hydrogens is 282 g/mol. The Morgan fingerprint density at radius 1 is 1.23 bits per heavy atom. The van der Waals surface area contributed by atoms with Crippen molar-refractivity contribution in [2.75, 3.05) is 14.2 Å². The quantitative estimate of drug-likeness (QED) is 0.869. The topological polar surface area (TPSA) is 94.3 Å². The van der Waals surface area contributed by atoms with Crippen molar-refractivity contribution in [3.63, 3.8) is 0 Å². The summed E-state index contributed by atoms with van der Waals surface area (Å²) in [5.74, 6) is -1.02. The van der Waals surface area contributed by atoms with Gasteiger partial charge in [-0.15, -0.1) is 0 Å². The number of rotatable bonds is 5. The Morgan fingerprint density at radius 2 is 1.91 bits per heavy atom. The third-order valence-corrected chi connectivity index (χ3v) is 3.20. The molecule has 1 atom stereocenters. The van der Waals surface area contributed by atoms with Gasteiger partial charge in [0.25, 0.3) is 5.91 Å². The number of ether oxygens (including phenoxy) is 1. The SMILES string of the molecule is CNC(=O)c1cc(C(N)=O)cc(C(OC)c2ccccc2)n1. The molecule has 0 aliphatic carbocycles. The summed E-state index contributed by atoms with van der Waals surface area (Å²) in [7, 11) is 3.03. The van der Waals surface area contributed by atoms with Crippen LogP contribution < -0.4 is 11.1 Å². The van der Waals surface area contributed by atoms with Crippen LogP contribution in [-0.2, 0) is 4.74 Å².